The van der Waals surface area contributed by atoms with Gasteiger partial charge in [0, 0.05) is 23.7 Å². The molecule has 0 aliphatic carbocycles. The van der Waals surface area contributed by atoms with Gasteiger partial charge in [-0.1, -0.05) is 6.92 Å². The molecule has 2 atom stereocenters. The first-order chi connectivity index (χ1) is 10.6. The predicted molar refractivity (Wildman–Crippen MR) is 86.0 cm³/mol. The lowest BCUT2D eigenvalue weighted by Gasteiger charge is -2.40. The number of hydrogen-bond donors (Lipinski definition) is 1. The van der Waals surface area contributed by atoms with Crippen LogP contribution in [0.5, 0.6) is 5.75 Å². The van der Waals surface area contributed by atoms with Crippen molar-refractivity contribution in [3.05, 3.63) is 23.8 Å². The van der Waals surface area contributed by atoms with Gasteiger partial charge >= 0.3 is 0 Å². The summed E-state index contributed by atoms with van der Waals surface area (Å²) < 4.78 is 42.5. The number of ether oxygens (including phenoxy) is 1. The zero-order valence-corrected chi connectivity index (χ0v) is 14.1. The SMILES string of the molecule is C#CCC(O)(CF)CC1(C)CCOc2ccc(S(C)(=O)=O)cc21. The van der Waals surface area contributed by atoms with Crippen LogP contribution < -0.4 is 4.74 Å². The average molecular weight is 340 g/mol. The summed E-state index contributed by atoms with van der Waals surface area (Å²) in [7, 11) is -3.37. The molecule has 1 aliphatic rings. The third-order valence-electron chi connectivity index (χ3n) is 4.34. The van der Waals surface area contributed by atoms with Gasteiger partial charge < -0.3 is 9.84 Å². The summed E-state index contributed by atoms with van der Waals surface area (Å²) >= 11 is 0. The highest BCUT2D eigenvalue weighted by molar-refractivity contribution is 7.90. The Kier molecular flexibility index (Phi) is 4.74. The molecule has 4 nitrogen and oxygen atoms in total. The molecule has 1 heterocycles. The molecule has 0 radical (unpaired) electrons. The highest BCUT2D eigenvalue weighted by Crippen LogP contribution is 2.45. The third kappa shape index (κ3) is 3.67. The first kappa shape index (κ1) is 17.8. The Morgan fingerprint density at radius 1 is 1.52 bits per heavy atom. The minimum absolute atomic E-state index is 0.0962. The number of rotatable bonds is 5. The van der Waals surface area contributed by atoms with Crippen LogP contribution in [0, 0.1) is 12.3 Å². The molecule has 0 fully saturated rings. The smallest absolute Gasteiger partial charge is 0.175 e. The number of benzene rings is 1. The molecule has 1 N–H and O–H groups in total. The van der Waals surface area contributed by atoms with Gasteiger partial charge in [-0.15, -0.1) is 12.3 Å². The fraction of sp³-hybridized carbons (Fsp3) is 0.529. The molecule has 0 bridgehead atoms. The van der Waals surface area contributed by atoms with E-state index in [4.69, 9.17) is 11.2 Å². The molecule has 1 aromatic carbocycles. The lowest BCUT2D eigenvalue weighted by Crippen LogP contribution is -2.42. The van der Waals surface area contributed by atoms with Crippen molar-refractivity contribution in [3.63, 3.8) is 0 Å². The van der Waals surface area contributed by atoms with Crippen LogP contribution in [0.3, 0.4) is 0 Å². The summed E-state index contributed by atoms with van der Waals surface area (Å²) in [6.07, 6.45) is 6.91. The van der Waals surface area contributed by atoms with Crippen molar-refractivity contribution in [1.82, 2.24) is 0 Å². The predicted octanol–water partition coefficient (Wildman–Crippen LogP) is 2.24. The van der Waals surface area contributed by atoms with Gasteiger partial charge in [0.25, 0.3) is 0 Å². The second-order valence-electron chi connectivity index (χ2n) is 6.50. The van der Waals surface area contributed by atoms with Crippen LogP contribution in [-0.2, 0) is 15.3 Å². The molecule has 126 valence electrons. The Balaban J connectivity index is 2.49. The van der Waals surface area contributed by atoms with Crippen molar-refractivity contribution in [1.29, 1.82) is 0 Å². The normalized spacial score (nSPS) is 23.3. The number of aliphatic hydroxyl groups is 1. The van der Waals surface area contributed by atoms with Gasteiger partial charge in [-0.25, -0.2) is 12.8 Å². The minimum atomic E-state index is -3.37. The highest BCUT2D eigenvalue weighted by Gasteiger charge is 2.41. The van der Waals surface area contributed by atoms with Gasteiger partial charge in [0.1, 0.15) is 18.0 Å². The monoisotopic (exact) mass is 340 g/mol. The lowest BCUT2D eigenvalue weighted by molar-refractivity contribution is -0.0125. The van der Waals surface area contributed by atoms with Crippen LogP contribution in [-0.4, -0.2) is 38.7 Å². The maximum Gasteiger partial charge on any atom is 0.175 e. The van der Waals surface area contributed by atoms with Crippen LogP contribution in [0.25, 0.3) is 0 Å². The van der Waals surface area contributed by atoms with Gasteiger partial charge in [0.15, 0.2) is 9.84 Å². The molecule has 2 rings (SSSR count). The maximum atomic E-state index is 13.3. The van der Waals surface area contributed by atoms with Crippen molar-refractivity contribution in [3.8, 4) is 18.1 Å². The molecule has 6 heteroatoms. The molecule has 0 amide bonds. The zero-order chi connectivity index (χ0) is 17.3. The van der Waals surface area contributed by atoms with Crippen molar-refractivity contribution >= 4 is 9.84 Å². The van der Waals surface area contributed by atoms with E-state index in [0.717, 1.165) is 6.26 Å². The van der Waals surface area contributed by atoms with Crippen LogP contribution in [0.2, 0.25) is 0 Å². The van der Waals surface area contributed by atoms with Crippen LogP contribution in [0.4, 0.5) is 4.39 Å². The average Bonchev–Trinajstić information content (AvgIpc) is 2.46. The molecule has 1 aromatic rings. The lowest BCUT2D eigenvalue weighted by atomic mass is 9.70. The Hall–Kier alpha value is -1.58. The van der Waals surface area contributed by atoms with E-state index < -0.39 is 27.5 Å². The first-order valence-electron chi connectivity index (χ1n) is 7.33. The van der Waals surface area contributed by atoms with Crippen molar-refractivity contribution in [2.75, 3.05) is 19.5 Å². The van der Waals surface area contributed by atoms with Crippen molar-refractivity contribution in [2.45, 2.75) is 42.1 Å². The standard InChI is InChI=1S/C17H21FO4S/c1-4-7-17(19,12-18)11-16(2)8-9-22-15-6-5-13(10-14(15)16)23(3,20)21/h1,5-6,10,19H,7-9,11-12H2,2-3H3. The van der Waals surface area contributed by atoms with E-state index in [9.17, 15) is 17.9 Å². The third-order valence-corrected chi connectivity index (χ3v) is 5.45. The van der Waals surface area contributed by atoms with Crippen LogP contribution in [0.1, 0.15) is 31.7 Å². The van der Waals surface area contributed by atoms with Crippen molar-refractivity contribution < 1.29 is 22.7 Å². The largest absolute Gasteiger partial charge is 0.493 e. The zero-order valence-electron chi connectivity index (χ0n) is 13.3. The number of hydrogen-bond acceptors (Lipinski definition) is 4. The summed E-state index contributed by atoms with van der Waals surface area (Å²) in [5, 5.41) is 10.4. The van der Waals surface area contributed by atoms with E-state index in [0.29, 0.717) is 24.3 Å². The molecular formula is C17H21FO4S. The Labute approximate surface area is 136 Å². The summed E-state index contributed by atoms with van der Waals surface area (Å²) in [5.74, 6) is 2.87. The quantitative estimate of drug-likeness (QED) is 0.835. The topological polar surface area (TPSA) is 63.6 Å². The molecule has 23 heavy (non-hydrogen) atoms. The molecule has 0 saturated heterocycles. The Morgan fingerprint density at radius 3 is 2.78 bits per heavy atom. The molecule has 2 unspecified atom stereocenters. The molecule has 1 aliphatic heterocycles. The van der Waals surface area contributed by atoms with E-state index in [1.807, 2.05) is 6.92 Å². The summed E-state index contributed by atoms with van der Waals surface area (Å²) in [6, 6.07) is 4.65. The first-order valence-corrected chi connectivity index (χ1v) is 9.22. The summed E-state index contributed by atoms with van der Waals surface area (Å²) in [5.41, 5.74) is -1.58. The number of terminal acetylenes is 1. The summed E-state index contributed by atoms with van der Waals surface area (Å²) in [6.45, 7) is 1.34. The summed E-state index contributed by atoms with van der Waals surface area (Å²) in [4.78, 5) is 0.175. The molecular weight excluding hydrogens is 319 g/mol. The van der Waals surface area contributed by atoms with E-state index in [1.165, 1.54) is 6.07 Å². The fourth-order valence-electron chi connectivity index (χ4n) is 3.12. The highest BCUT2D eigenvalue weighted by atomic mass is 32.2. The second kappa shape index (κ2) is 6.14. The number of fused-ring (bicyclic) bond motifs is 1. The van der Waals surface area contributed by atoms with Gasteiger partial charge in [-0.2, -0.15) is 0 Å². The Bertz CT molecular complexity index is 737. The van der Waals surface area contributed by atoms with Gasteiger partial charge in [-0.3, -0.25) is 0 Å². The van der Waals surface area contributed by atoms with Crippen LogP contribution in [0.15, 0.2) is 23.1 Å². The van der Waals surface area contributed by atoms with E-state index in [1.54, 1.807) is 12.1 Å². The number of alkyl halides is 1. The van der Waals surface area contributed by atoms with E-state index in [2.05, 4.69) is 5.92 Å². The van der Waals surface area contributed by atoms with Gasteiger partial charge in [-0.05, 0) is 31.0 Å². The number of sulfone groups is 1. The van der Waals surface area contributed by atoms with Crippen LogP contribution >= 0.6 is 0 Å². The van der Waals surface area contributed by atoms with E-state index >= 15 is 0 Å². The number of halogens is 1. The molecule has 0 aromatic heterocycles. The second-order valence-corrected chi connectivity index (χ2v) is 8.52. The maximum absolute atomic E-state index is 13.3. The van der Waals surface area contributed by atoms with Gasteiger partial charge in [0.05, 0.1) is 11.5 Å². The van der Waals surface area contributed by atoms with Gasteiger partial charge in [0.2, 0.25) is 0 Å². The fourth-order valence-corrected chi connectivity index (χ4v) is 3.76. The minimum Gasteiger partial charge on any atom is -0.493 e. The van der Waals surface area contributed by atoms with Crippen molar-refractivity contribution in [2.24, 2.45) is 0 Å². The Morgan fingerprint density at radius 2 is 2.22 bits per heavy atom. The molecule has 0 saturated carbocycles. The molecule has 0 spiro atoms. The van der Waals surface area contributed by atoms with E-state index in [-0.39, 0.29) is 17.7 Å².